The first-order chi connectivity index (χ1) is 9.22. The first-order valence-corrected chi connectivity index (χ1v) is 8.40. The molecule has 0 aliphatic rings. The molecule has 1 nitrogen and oxygen atoms in total. The number of thioether (sulfide) groups is 1. The molecular formula is C16H18BrNS. The first kappa shape index (κ1) is 14.5. The van der Waals surface area contributed by atoms with Gasteiger partial charge in [0.15, 0.2) is 0 Å². The molecule has 2 rings (SSSR count). The predicted octanol–water partition coefficient (Wildman–Crippen LogP) is 5.35. The zero-order valence-corrected chi connectivity index (χ0v) is 13.6. The maximum atomic E-state index is 3.52. The highest BCUT2D eigenvalue weighted by Gasteiger charge is 2.01. The standard InChI is InChI=1S/C16H18BrNS/c1-3-13-10-14(17)6-9-16(13)18-11-12-4-7-15(19-2)8-5-12/h4-10,18H,3,11H2,1-2H3. The van der Waals surface area contributed by atoms with Crippen molar-refractivity contribution in [1.82, 2.24) is 0 Å². The van der Waals surface area contributed by atoms with Crippen molar-refractivity contribution in [3.05, 3.63) is 58.1 Å². The molecule has 0 heterocycles. The molecule has 1 N–H and O–H groups in total. The lowest BCUT2D eigenvalue weighted by atomic mass is 10.1. The highest BCUT2D eigenvalue weighted by molar-refractivity contribution is 9.10. The Bertz CT molecular complexity index is 537. The lowest BCUT2D eigenvalue weighted by Gasteiger charge is -2.12. The average Bonchev–Trinajstić information content (AvgIpc) is 2.46. The minimum absolute atomic E-state index is 0.864. The van der Waals surface area contributed by atoms with E-state index in [-0.39, 0.29) is 0 Å². The third kappa shape index (κ3) is 4.02. The lowest BCUT2D eigenvalue weighted by Crippen LogP contribution is -2.02. The molecule has 0 unspecified atom stereocenters. The number of hydrogen-bond acceptors (Lipinski definition) is 2. The van der Waals surface area contributed by atoms with Crippen LogP contribution in [0.15, 0.2) is 51.8 Å². The number of hydrogen-bond donors (Lipinski definition) is 1. The summed E-state index contributed by atoms with van der Waals surface area (Å²) in [5, 5.41) is 3.52. The van der Waals surface area contributed by atoms with Gasteiger partial charge in [-0.05, 0) is 54.1 Å². The van der Waals surface area contributed by atoms with E-state index in [1.807, 2.05) is 0 Å². The fourth-order valence-electron chi connectivity index (χ4n) is 1.97. The van der Waals surface area contributed by atoms with E-state index < -0.39 is 0 Å². The Hall–Kier alpha value is -0.930. The second-order valence-corrected chi connectivity index (χ2v) is 6.15. The number of rotatable bonds is 5. The van der Waals surface area contributed by atoms with Crippen molar-refractivity contribution in [2.75, 3.05) is 11.6 Å². The molecule has 0 fully saturated rings. The zero-order valence-electron chi connectivity index (χ0n) is 11.2. The fourth-order valence-corrected chi connectivity index (χ4v) is 2.78. The minimum Gasteiger partial charge on any atom is -0.381 e. The van der Waals surface area contributed by atoms with E-state index in [2.05, 4.69) is 76.9 Å². The summed E-state index contributed by atoms with van der Waals surface area (Å²) in [6.45, 7) is 3.05. The second-order valence-electron chi connectivity index (χ2n) is 4.36. The summed E-state index contributed by atoms with van der Waals surface area (Å²) in [5.74, 6) is 0. The van der Waals surface area contributed by atoms with Gasteiger partial charge in [0.2, 0.25) is 0 Å². The van der Waals surface area contributed by atoms with Gasteiger partial charge in [0.05, 0.1) is 0 Å². The highest BCUT2D eigenvalue weighted by Crippen LogP contribution is 2.22. The molecular weight excluding hydrogens is 318 g/mol. The van der Waals surface area contributed by atoms with Crippen LogP contribution in [0.2, 0.25) is 0 Å². The van der Waals surface area contributed by atoms with Gasteiger partial charge in [-0.2, -0.15) is 0 Å². The van der Waals surface area contributed by atoms with Crippen LogP contribution in [0.5, 0.6) is 0 Å². The first-order valence-electron chi connectivity index (χ1n) is 6.38. The Labute approximate surface area is 127 Å². The van der Waals surface area contributed by atoms with Crippen LogP contribution in [0, 0.1) is 0 Å². The Kier molecular flexibility index (Phi) is 5.34. The van der Waals surface area contributed by atoms with Crippen molar-refractivity contribution in [2.24, 2.45) is 0 Å². The molecule has 0 aromatic heterocycles. The van der Waals surface area contributed by atoms with Gasteiger partial charge in [-0.15, -0.1) is 11.8 Å². The molecule has 0 aliphatic carbocycles. The largest absolute Gasteiger partial charge is 0.381 e. The van der Waals surface area contributed by atoms with Gasteiger partial charge in [0.25, 0.3) is 0 Å². The summed E-state index contributed by atoms with van der Waals surface area (Å²) >= 11 is 5.29. The van der Waals surface area contributed by atoms with Crippen LogP contribution in [0.3, 0.4) is 0 Å². The maximum absolute atomic E-state index is 3.52. The monoisotopic (exact) mass is 335 g/mol. The Morgan fingerprint density at radius 3 is 2.47 bits per heavy atom. The molecule has 2 aromatic carbocycles. The minimum atomic E-state index is 0.864. The van der Waals surface area contributed by atoms with Crippen molar-refractivity contribution < 1.29 is 0 Å². The molecule has 19 heavy (non-hydrogen) atoms. The summed E-state index contributed by atoms with van der Waals surface area (Å²) in [6.07, 6.45) is 3.13. The van der Waals surface area contributed by atoms with E-state index in [0.29, 0.717) is 0 Å². The third-order valence-corrected chi connectivity index (χ3v) is 4.33. The molecule has 0 amide bonds. The number of halogens is 1. The fraction of sp³-hybridized carbons (Fsp3) is 0.250. The van der Waals surface area contributed by atoms with Crippen LogP contribution in [0.4, 0.5) is 5.69 Å². The summed E-state index contributed by atoms with van der Waals surface area (Å²) in [6, 6.07) is 15.1. The summed E-state index contributed by atoms with van der Waals surface area (Å²) in [7, 11) is 0. The maximum Gasteiger partial charge on any atom is 0.0400 e. The molecule has 0 radical (unpaired) electrons. The predicted molar refractivity (Wildman–Crippen MR) is 89.1 cm³/mol. The molecule has 3 heteroatoms. The van der Waals surface area contributed by atoms with Crippen LogP contribution in [0.1, 0.15) is 18.1 Å². The van der Waals surface area contributed by atoms with Gasteiger partial charge in [-0.3, -0.25) is 0 Å². The smallest absolute Gasteiger partial charge is 0.0400 e. The zero-order chi connectivity index (χ0) is 13.7. The van der Waals surface area contributed by atoms with E-state index >= 15 is 0 Å². The van der Waals surface area contributed by atoms with Gasteiger partial charge in [0.1, 0.15) is 0 Å². The van der Waals surface area contributed by atoms with Gasteiger partial charge in [0, 0.05) is 21.6 Å². The van der Waals surface area contributed by atoms with Crippen LogP contribution < -0.4 is 5.32 Å². The number of anilines is 1. The van der Waals surface area contributed by atoms with Gasteiger partial charge in [-0.1, -0.05) is 35.0 Å². The topological polar surface area (TPSA) is 12.0 Å². The van der Waals surface area contributed by atoms with Crippen molar-refractivity contribution >= 4 is 33.4 Å². The van der Waals surface area contributed by atoms with Crippen molar-refractivity contribution in [3.8, 4) is 0 Å². The van der Waals surface area contributed by atoms with Crippen LogP contribution in [-0.4, -0.2) is 6.26 Å². The molecule has 0 bridgehead atoms. The average molecular weight is 336 g/mol. The normalized spacial score (nSPS) is 10.5. The van der Waals surface area contributed by atoms with Gasteiger partial charge in [-0.25, -0.2) is 0 Å². The summed E-state index contributed by atoms with van der Waals surface area (Å²) in [5.41, 5.74) is 3.87. The van der Waals surface area contributed by atoms with E-state index in [1.165, 1.54) is 21.7 Å². The molecule has 0 atom stereocenters. The van der Waals surface area contributed by atoms with Crippen LogP contribution in [-0.2, 0) is 13.0 Å². The summed E-state index contributed by atoms with van der Waals surface area (Å²) in [4.78, 5) is 1.31. The van der Waals surface area contributed by atoms with E-state index in [9.17, 15) is 0 Å². The number of aryl methyl sites for hydroxylation is 1. The van der Waals surface area contributed by atoms with Crippen LogP contribution in [0.25, 0.3) is 0 Å². The molecule has 0 saturated heterocycles. The summed E-state index contributed by atoms with van der Waals surface area (Å²) < 4.78 is 1.14. The highest BCUT2D eigenvalue weighted by atomic mass is 79.9. The van der Waals surface area contributed by atoms with Crippen LogP contribution >= 0.6 is 27.7 Å². The molecule has 100 valence electrons. The Morgan fingerprint density at radius 1 is 1.11 bits per heavy atom. The Morgan fingerprint density at radius 2 is 1.84 bits per heavy atom. The van der Waals surface area contributed by atoms with E-state index in [0.717, 1.165) is 17.4 Å². The van der Waals surface area contributed by atoms with E-state index in [4.69, 9.17) is 0 Å². The molecule has 0 spiro atoms. The van der Waals surface area contributed by atoms with Gasteiger partial charge < -0.3 is 5.32 Å². The third-order valence-electron chi connectivity index (χ3n) is 3.09. The molecule has 2 aromatic rings. The second kappa shape index (κ2) is 7.01. The molecule has 0 saturated carbocycles. The lowest BCUT2D eigenvalue weighted by molar-refractivity contribution is 1.09. The van der Waals surface area contributed by atoms with Gasteiger partial charge >= 0.3 is 0 Å². The van der Waals surface area contributed by atoms with Crippen molar-refractivity contribution in [3.63, 3.8) is 0 Å². The van der Waals surface area contributed by atoms with E-state index in [1.54, 1.807) is 11.8 Å². The Balaban J connectivity index is 2.05. The number of benzene rings is 2. The quantitative estimate of drug-likeness (QED) is 0.739. The van der Waals surface area contributed by atoms with Crippen molar-refractivity contribution in [1.29, 1.82) is 0 Å². The SMILES string of the molecule is CCc1cc(Br)ccc1NCc1ccc(SC)cc1. The number of nitrogens with one attached hydrogen (secondary N) is 1. The molecule has 0 aliphatic heterocycles. The van der Waals surface area contributed by atoms with Crippen molar-refractivity contribution in [2.45, 2.75) is 24.8 Å².